The van der Waals surface area contributed by atoms with Crippen LogP contribution in [0.2, 0.25) is 0 Å². The summed E-state index contributed by atoms with van der Waals surface area (Å²) in [5.74, 6) is 0.137. The summed E-state index contributed by atoms with van der Waals surface area (Å²) < 4.78 is 5.96. The molecule has 20 heavy (non-hydrogen) atoms. The number of hydrogen-bond donors (Lipinski definition) is 0. The van der Waals surface area contributed by atoms with Crippen molar-refractivity contribution in [3.63, 3.8) is 0 Å². The van der Waals surface area contributed by atoms with E-state index in [1.165, 1.54) is 4.88 Å². The van der Waals surface area contributed by atoms with Crippen molar-refractivity contribution in [2.24, 2.45) is 5.92 Å². The van der Waals surface area contributed by atoms with Crippen molar-refractivity contribution in [3.8, 4) is 0 Å². The third-order valence-corrected chi connectivity index (χ3v) is 5.40. The molecule has 0 bridgehead atoms. The average molecular weight is 295 g/mol. The van der Waals surface area contributed by atoms with E-state index in [9.17, 15) is 4.79 Å². The van der Waals surface area contributed by atoms with E-state index in [2.05, 4.69) is 36.4 Å². The fraction of sp³-hybridized carbons (Fsp3) is 0.688. The molecule has 0 spiro atoms. The lowest BCUT2D eigenvalue weighted by molar-refractivity contribution is -0.132. The van der Waals surface area contributed by atoms with E-state index in [0.717, 1.165) is 6.54 Å². The fourth-order valence-corrected chi connectivity index (χ4v) is 3.86. The van der Waals surface area contributed by atoms with Gasteiger partial charge in [0, 0.05) is 17.5 Å². The molecule has 2 unspecified atom stereocenters. The van der Waals surface area contributed by atoms with Gasteiger partial charge >= 0.3 is 0 Å². The predicted octanol–water partition coefficient (Wildman–Crippen LogP) is 3.51. The third-order valence-electron chi connectivity index (χ3n) is 4.35. The Morgan fingerprint density at radius 3 is 2.50 bits per heavy atom. The zero-order valence-electron chi connectivity index (χ0n) is 13.3. The molecular formula is C16H25NO2S. The van der Waals surface area contributed by atoms with Gasteiger partial charge in [0.25, 0.3) is 0 Å². The summed E-state index contributed by atoms with van der Waals surface area (Å²) in [5, 5.41) is 2.09. The summed E-state index contributed by atoms with van der Waals surface area (Å²) in [6.45, 7) is 10.7. The van der Waals surface area contributed by atoms with E-state index < -0.39 is 11.2 Å². The van der Waals surface area contributed by atoms with E-state index in [4.69, 9.17) is 4.74 Å². The van der Waals surface area contributed by atoms with Crippen molar-refractivity contribution in [1.29, 1.82) is 0 Å². The maximum absolute atomic E-state index is 12.5. The van der Waals surface area contributed by atoms with Crippen LogP contribution in [0.5, 0.6) is 0 Å². The Labute approximate surface area is 125 Å². The Balaban J connectivity index is 2.11. The van der Waals surface area contributed by atoms with Gasteiger partial charge in [0.2, 0.25) is 0 Å². The lowest BCUT2D eigenvalue weighted by Gasteiger charge is -2.31. The highest BCUT2D eigenvalue weighted by atomic mass is 32.1. The lowest BCUT2D eigenvalue weighted by atomic mass is 9.85. The summed E-state index contributed by atoms with van der Waals surface area (Å²) in [5.41, 5.74) is -1.06. The van der Waals surface area contributed by atoms with Gasteiger partial charge < -0.3 is 4.74 Å². The summed E-state index contributed by atoms with van der Waals surface area (Å²) in [6.07, 6.45) is 0. The molecule has 1 aliphatic rings. The number of carbonyl (C=O) groups excluding carboxylic acids is 1. The average Bonchev–Trinajstić information content (AvgIpc) is 2.89. The van der Waals surface area contributed by atoms with Crippen LogP contribution < -0.4 is 0 Å². The standard InChI is InChI=1S/C16H25NO2S/c1-11(13-8-7-9-20-13)17(6)10-12-14(18)16(4,5)19-15(12,2)3/h7-9,11-12H,10H2,1-6H3. The van der Waals surface area contributed by atoms with Crippen molar-refractivity contribution in [1.82, 2.24) is 4.90 Å². The van der Waals surface area contributed by atoms with Gasteiger partial charge in [-0.15, -0.1) is 11.3 Å². The van der Waals surface area contributed by atoms with Gasteiger partial charge in [-0.05, 0) is 53.1 Å². The molecule has 0 aromatic carbocycles. The predicted molar refractivity (Wildman–Crippen MR) is 83.1 cm³/mol. The quantitative estimate of drug-likeness (QED) is 0.851. The maximum atomic E-state index is 12.5. The Kier molecular flexibility index (Phi) is 4.11. The smallest absolute Gasteiger partial charge is 0.171 e. The van der Waals surface area contributed by atoms with Gasteiger partial charge in [0.15, 0.2) is 5.78 Å². The molecular weight excluding hydrogens is 270 g/mol. The van der Waals surface area contributed by atoms with Crippen LogP contribution >= 0.6 is 11.3 Å². The van der Waals surface area contributed by atoms with Crippen LogP contribution in [0.3, 0.4) is 0 Å². The first kappa shape index (κ1) is 15.7. The van der Waals surface area contributed by atoms with Crippen molar-refractivity contribution >= 4 is 17.1 Å². The highest BCUT2D eigenvalue weighted by Crippen LogP contribution is 2.40. The monoisotopic (exact) mass is 295 g/mol. The molecule has 3 nitrogen and oxygen atoms in total. The number of nitrogens with zero attached hydrogens (tertiary/aromatic N) is 1. The number of Topliss-reactive ketones (excluding diaryl/α,β-unsaturated/α-hetero) is 1. The Bertz CT molecular complexity index is 479. The molecule has 2 atom stereocenters. The first-order valence-corrected chi connectivity index (χ1v) is 8.01. The molecule has 4 heteroatoms. The molecule has 2 heterocycles. The topological polar surface area (TPSA) is 29.5 Å². The molecule has 1 fully saturated rings. The summed E-state index contributed by atoms with van der Waals surface area (Å²) in [6, 6.07) is 4.54. The summed E-state index contributed by atoms with van der Waals surface area (Å²) >= 11 is 1.76. The van der Waals surface area contributed by atoms with Gasteiger partial charge in [0.1, 0.15) is 5.60 Å². The van der Waals surface area contributed by atoms with Crippen LogP contribution in [-0.2, 0) is 9.53 Å². The molecule has 1 aliphatic heterocycles. The maximum Gasteiger partial charge on any atom is 0.171 e. The highest BCUT2D eigenvalue weighted by molar-refractivity contribution is 7.10. The van der Waals surface area contributed by atoms with E-state index in [1.807, 2.05) is 27.7 Å². The zero-order valence-corrected chi connectivity index (χ0v) is 14.1. The molecule has 1 aromatic rings. The molecule has 0 N–H and O–H groups in total. The molecule has 2 rings (SSSR count). The van der Waals surface area contributed by atoms with Gasteiger partial charge in [0.05, 0.1) is 11.5 Å². The van der Waals surface area contributed by atoms with Crippen LogP contribution in [-0.4, -0.2) is 35.5 Å². The third kappa shape index (κ3) is 2.83. The molecule has 0 amide bonds. The Morgan fingerprint density at radius 2 is 2.05 bits per heavy atom. The second-order valence-electron chi connectivity index (χ2n) is 6.76. The molecule has 0 saturated carbocycles. The summed E-state index contributed by atoms with van der Waals surface area (Å²) in [7, 11) is 2.08. The van der Waals surface area contributed by atoms with Crippen LogP contribution in [0.25, 0.3) is 0 Å². The minimum absolute atomic E-state index is 0.0788. The van der Waals surface area contributed by atoms with E-state index in [1.54, 1.807) is 11.3 Å². The van der Waals surface area contributed by atoms with E-state index in [-0.39, 0.29) is 11.7 Å². The molecule has 1 aromatic heterocycles. The minimum atomic E-state index is -0.665. The first-order chi connectivity index (χ1) is 9.15. The van der Waals surface area contributed by atoms with Crippen molar-refractivity contribution in [2.45, 2.75) is 51.9 Å². The van der Waals surface area contributed by atoms with Crippen molar-refractivity contribution in [3.05, 3.63) is 22.4 Å². The SMILES string of the molecule is CC(c1cccs1)N(C)CC1C(=O)C(C)(C)OC1(C)C. The largest absolute Gasteiger partial charge is 0.361 e. The van der Waals surface area contributed by atoms with Gasteiger partial charge in [-0.3, -0.25) is 9.69 Å². The van der Waals surface area contributed by atoms with E-state index in [0.29, 0.717) is 6.04 Å². The molecule has 0 radical (unpaired) electrons. The van der Waals surface area contributed by atoms with Gasteiger partial charge in [-0.2, -0.15) is 0 Å². The fourth-order valence-electron chi connectivity index (χ4n) is 3.01. The van der Waals surface area contributed by atoms with Crippen molar-refractivity contribution < 1.29 is 9.53 Å². The number of ether oxygens (including phenoxy) is 1. The zero-order chi connectivity index (χ0) is 15.1. The number of thiophene rings is 1. The molecule has 112 valence electrons. The summed E-state index contributed by atoms with van der Waals surface area (Å²) in [4.78, 5) is 16.1. The molecule has 1 saturated heterocycles. The van der Waals surface area contributed by atoms with Crippen LogP contribution in [0.1, 0.15) is 45.5 Å². The van der Waals surface area contributed by atoms with Gasteiger partial charge in [-0.25, -0.2) is 0 Å². The lowest BCUT2D eigenvalue weighted by Crippen LogP contribution is -2.40. The normalized spacial score (nSPS) is 26.1. The van der Waals surface area contributed by atoms with Crippen LogP contribution in [0.15, 0.2) is 17.5 Å². The van der Waals surface area contributed by atoms with Crippen molar-refractivity contribution in [2.75, 3.05) is 13.6 Å². The highest BCUT2D eigenvalue weighted by Gasteiger charge is 2.53. The van der Waals surface area contributed by atoms with E-state index >= 15 is 0 Å². The number of carbonyl (C=O) groups is 1. The Hall–Kier alpha value is -0.710. The minimum Gasteiger partial charge on any atom is -0.361 e. The number of rotatable bonds is 4. The van der Waals surface area contributed by atoms with Gasteiger partial charge in [-0.1, -0.05) is 6.07 Å². The second-order valence-corrected chi connectivity index (χ2v) is 7.74. The number of hydrogen-bond acceptors (Lipinski definition) is 4. The van der Waals surface area contributed by atoms with Crippen LogP contribution in [0, 0.1) is 5.92 Å². The molecule has 0 aliphatic carbocycles. The number of ketones is 1. The van der Waals surface area contributed by atoms with Crippen LogP contribution in [0.4, 0.5) is 0 Å². The second kappa shape index (κ2) is 5.24. The first-order valence-electron chi connectivity index (χ1n) is 7.13. The Morgan fingerprint density at radius 1 is 1.40 bits per heavy atom.